The lowest BCUT2D eigenvalue weighted by atomic mass is 9.97. The monoisotopic (exact) mass is 566 g/mol. The highest BCUT2D eigenvalue weighted by Crippen LogP contribution is 2.34. The van der Waals surface area contributed by atoms with Gasteiger partial charge >= 0.3 is 6.18 Å². The van der Waals surface area contributed by atoms with Crippen LogP contribution in [0, 0.1) is 0 Å². The van der Waals surface area contributed by atoms with Gasteiger partial charge in [-0.1, -0.05) is 36.4 Å². The molecule has 6 nitrogen and oxygen atoms in total. The second-order valence-corrected chi connectivity index (χ2v) is 11.2. The minimum Gasteiger partial charge on any atom is -0.497 e. The van der Waals surface area contributed by atoms with Crippen LogP contribution >= 0.6 is 0 Å². The number of sulfonamides is 1. The zero-order valence-corrected chi connectivity index (χ0v) is 22.1. The van der Waals surface area contributed by atoms with Crippen LogP contribution in [0.1, 0.15) is 27.0 Å². The van der Waals surface area contributed by atoms with Gasteiger partial charge in [0.15, 0.2) is 0 Å². The van der Waals surface area contributed by atoms with Crippen molar-refractivity contribution in [3.63, 3.8) is 0 Å². The van der Waals surface area contributed by atoms with Gasteiger partial charge in [-0.05, 0) is 89.7 Å². The van der Waals surface area contributed by atoms with Gasteiger partial charge in [0.25, 0.3) is 5.91 Å². The molecule has 10 heteroatoms. The number of alkyl halides is 3. The van der Waals surface area contributed by atoms with Crippen molar-refractivity contribution in [1.29, 1.82) is 0 Å². The molecule has 1 unspecified atom stereocenters. The van der Waals surface area contributed by atoms with Crippen LogP contribution in [0.25, 0.3) is 11.1 Å². The molecule has 0 fully saturated rings. The molecule has 5 rings (SSSR count). The molecule has 2 N–H and O–H groups in total. The lowest BCUT2D eigenvalue weighted by Gasteiger charge is -2.14. The van der Waals surface area contributed by atoms with Crippen LogP contribution in [-0.4, -0.2) is 27.5 Å². The van der Waals surface area contributed by atoms with Gasteiger partial charge in [-0.3, -0.25) is 4.79 Å². The summed E-state index contributed by atoms with van der Waals surface area (Å²) in [6, 6.07) is 22.6. The third-order valence-electron chi connectivity index (χ3n) is 6.77. The number of halogens is 3. The largest absolute Gasteiger partial charge is 0.497 e. The van der Waals surface area contributed by atoms with Gasteiger partial charge in [-0.25, -0.2) is 13.1 Å². The lowest BCUT2D eigenvalue weighted by molar-refractivity contribution is -0.137. The SMILES string of the molecule is COc1ccc(C(=O)Nc2ccc3c(c2)CC(NS(=O)(=O)c2ccccc2)C3)c(-c2ccc(C(F)(F)F)cc2)c1. The van der Waals surface area contributed by atoms with E-state index in [0.29, 0.717) is 35.4 Å². The first-order valence-corrected chi connectivity index (χ1v) is 13.9. The van der Waals surface area contributed by atoms with Crippen molar-refractivity contribution in [3.8, 4) is 16.9 Å². The summed E-state index contributed by atoms with van der Waals surface area (Å²) in [6.07, 6.45) is -3.49. The number of fused-ring (bicyclic) bond motifs is 1. The summed E-state index contributed by atoms with van der Waals surface area (Å²) in [5, 5.41) is 2.86. The number of nitrogens with one attached hydrogen (secondary N) is 2. The number of hydrogen-bond donors (Lipinski definition) is 2. The van der Waals surface area contributed by atoms with Crippen LogP contribution in [0.3, 0.4) is 0 Å². The molecule has 1 atom stereocenters. The Morgan fingerprint density at radius 1 is 0.875 bits per heavy atom. The van der Waals surface area contributed by atoms with Gasteiger partial charge in [0, 0.05) is 17.3 Å². The summed E-state index contributed by atoms with van der Waals surface area (Å²) < 4.78 is 72.7. The van der Waals surface area contributed by atoms with Crippen molar-refractivity contribution in [3.05, 3.63) is 113 Å². The van der Waals surface area contributed by atoms with E-state index in [4.69, 9.17) is 4.74 Å². The maximum atomic E-state index is 13.3. The number of carbonyl (C=O) groups is 1. The van der Waals surface area contributed by atoms with E-state index in [1.165, 1.54) is 31.4 Å². The molecule has 0 bridgehead atoms. The van der Waals surface area contributed by atoms with Crippen LogP contribution in [0.2, 0.25) is 0 Å². The molecule has 0 heterocycles. The third-order valence-corrected chi connectivity index (χ3v) is 8.30. The predicted molar refractivity (Wildman–Crippen MR) is 146 cm³/mol. The van der Waals surface area contributed by atoms with Crippen molar-refractivity contribution in [1.82, 2.24) is 4.72 Å². The van der Waals surface area contributed by atoms with Gasteiger partial charge in [0.1, 0.15) is 5.75 Å². The molecule has 0 saturated heterocycles. The number of hydrogen-bond acceptors (Lipinski definition) is 4. The number of anilines is 1. The Hall–Kier alpha value is -4.15. The number of amides is 1. The number of carbonyl (C=O) groups excluding carboxylic acids is 1. The highest BCUT2D eigenvalue weighted by Gasteiger charge is 2.30. The Labute approximate surface area is 229 Å². The lowest BCUT2D eigenvalue weighted by Crippen LogP contribution is -2.35. The Morgan fingerprint density at radius 2 is 1.57 bits per heavy atom. The van der Waals surface area contributed by atoms with Gasteiger partial charge < -0.3 is 10.1 Å². The Morgan fingerprint density at radius 3 is 2.25 bits per heavy atom. The van der Waals surface area contributed by atoms with Gasteiger partial charge in [0.2, 0.25) is 10.0 Å². The van der Waals surface area contributed by atoms with Crippen LogP contribution in [0.15, 0.2) is 95.9 Å². The summed E-state index contributed by atoms with van der Waals surface area (Å²) in [7, 11) is -2.21. The topological polar surface area (TPSA) is 84.5 Å². The number of methoxy groups -OCH3 is 1. The van der Waals surface area contributed by atoms with E-state index in [1.807, 2.05) is 12.1 Å². The van der Waals surface area contributed by atoms with Crippen molar-refractivity contribution in [2.45, 2.75) is 30.0 Å². The summed E-state index contributed by atoms with van der Waals surface area (Å²) in [5.41, 5.74) is 2.73. The Balaban J connectivity index is 1.34. The van der Waals surface area contributed by atoms with Crippen molar-refractivity contribution in [2.24, 2.45) is 0 Å². The smallest absolute Gasteiger partial charge is 0.416 e. The second-order valence-electron chi connectivity index (χ2n) is 9.46. The van der Waals surface area contributed by atoms with E-state index in [9.17, 15) is 26.4 Å². The molecule has 0 radical (unpaired) electrons. The average Bonchev–Trinajstić information content (AvgIpc) is 3.33. The molecule has 4 aromatic carbocycles. The number of rotatable bonds is 7. The first kappa shape index (κ1) is 27.4. The van der Waals surface area contributed by atoms with Crippen LogP contribution in [0.4, 0.5) is 18.9 Å². The second kappa shape index (κ2) is 10.8. The maximum absolute atomic E-state index is 13.3. The van der Waals surface area contributed by atoms with E-state index in [2.05, 4.69) is 10.0 Å². The standard InChI is InChI=1S/C30H25F3N2O4S/c1-39-25-13-14-27(28(18-25)19-7-10-22(11-8-19)30(31,32)33)29(36)34-23-12-9-20-15-24(17-21(20)16-23)35-40(37,38)26-5-3-2-4-6-26/h2-14,16,18,24,35H,15,17H2,1H3,(H,34,36). The molecule has 4 aromatic rings. The molecule has 40 heavy (non-hydrogen) atoms. The zero-order valence-electron chi connectivity index (χ0n) is 21.3. The Bertz CT molecular complexity index is 1660. The van der Waals surface area contributed by atoms with Crippen molar-refractivity contribution >= 4 is 21.6 Å². The molecule has 0 saturated carbocycles. The summed E-state index contributed by atoms with van der Waals surface area (Å²) in [4.78, 5) is 13.5. The third kappa shape index (κ3) is 5.88. The van der Waals surface area contributed by atoms with Crippen LogP contribution in [-0.2, 0) is 29.0 Å². The van der Waals surface area contributed by atoms with E-state index in [-0.39, 0.29) is 16.5 Å². The Kier molecular flexibility index (Phi) is 7.39. The van der Waals surface area contributed by atoms with E-state index in [0.717, 1.165) is 23.3 Å². The average molecular weight is 567 g/mol. The fraction of sp³-hybridized carbons (Fsp3) is 0.167. The minimum atomic E-state index is -4.47. The van der Waals surface area contributed by atoms with E-state index >= 15 is 0 Å². The van der Waals surface area contributed by atoms with Crippen molar-refractivity contribution in [2.75, 3.05) is 12.4 Å². The van der Waals surface area contributed by atoms with Crippen LogP contribution in [0.5, 0.6) is 5.75 Å². The summed E-state index contributed by atoms with van der Waals surface area (Å²) in [5.74, 6) is 0.00445. The molecular formula is C30H25F3N2O4S. The van der Waals surface area contributed by atoms with Crippen molar-refractivity contribution < 1.29 is 31.1 Å². The fourth-order valence-electron chi connectivity index (χ4n) is 4.79. The number of benzene rings is 4. The molecule has 206 valence electrons. The first-order valence-electron chi connectivity index (χ1n) is 12.4. The number of ether oxygens (including phenoxy) is 1. The molecule has 1 aliphatic rings. The molecule has 1 aliphatic carbocycles. The van der Waals surface area contributed by atoms with Gasteiger partial charge in [-0.2, -0.15) is 13.2 Å². The highest BCUT2D eigenvalue weighted by atomic mass is 32.2. The summed E-state index contributed by atoms with van der Waals surface area (Å²) >= 11 is 0. The zero-order chi connectivity index (χ0) is 28.5. The van der Waals surface area contributed by atoms with Gasteiger partial charge in [-0.15, -0.1) is 0 Å². The molecular weight excluding hydrogens is 541 g/mol. The molecule has 1 amide bonds. The normalized spacial score (nSPS) is 14.9. The molecule has 0 spiro atoms. The van der Waals surface area contributed by atoms with Crippen LogP contribution < -0.4 is 14.8 Å². The van der Waals surface area contributed by atoms with Gasteiger partial charge in [0.05, 0.1) is 17.6 Å². The van der Waals surface area contributed by atoms with E-state index < -0.39 is 27.7 Å². The molecule has 0 aromatic heterocycles. The maximum Gasteiger partial charge on any atom is 0.416 e. The minimum absolute atomic E-state index is 0.197. The first-order chi connectivity index (χ1) is 19.0. The summed E-state index contributed by atoms with van der Waals surface area (Å²) in [6.45, 7) is 0. The van der Waals surface area contributed by atoms with E-state index in [1.54, 1.807) is 42.5 Å². The fourth-order valence-corrected chi connectivity index (χ4v) is 6.05. The molecule has 0 aliphatic heterocycles. The predicted octanol–water partition coefficient (Wildman–Crippen LogP) is 6.08. The highest BCUT2D eigenvalue weighted by molar-refractivity contribution is 7.89. The quantitative estimate of drug-likeness (QED) is 0.284.